The molecule has 2 N–H and O–H groups in total. The summed E-state index contributed by atoms with van der Waals surface area (Å²) in [4.78, 5) is 11.2. The monoisotopic (exact) mass is 234 g/mol. The van der Waals surface area contributed by atoms with E-state index in [1.165, 1.54) is 0 Å². The van der Waals surface area contributed by atoms with Gasteiger partial charge in [-0.3, -0.25) is 4.79 Å². The second-order valence-electron chi connectivity index (χ2n) is 4.81. The Morgan fingerprint density at radius 3 is 2.35 bits per heavy atom. The number of benzene rings is 1. The molecule has 0 spiro atoms. The number of aliphatic carboxylic acids is 1. The van der Waals surface area contributed by atoms with Crippen LogP contribution in [0.15, 0.2) is 24.3 Å². The standard InChI is InChI=1S/C14H18O3/c1-2-3-12(15)10-4-6-11(7-5-10)14(8-9-14)13(16)17/h4-7,12,15H,2-3,8-9H2,1H3,(H,16,17). The van der Waals surface area contributed by atoms with Gasteiger partial charge in [0.2, 0.25) is 0 Å². The van der Waals surface area contributed by atoms with Crippen molar-refractivity contribution in [3.63, 3.8) is 0 Å². The highest BCUT2D eigenvalue weighted by atomic mass is 16.4. The summed E-state index contributed by atoms with van der Waals surface area (Å²) in [5.41, 5.74) is 1.09. The number of hydrogen-bond donors (Lipinski definition) is 2. The molecule has 1 fully saturated rings. The first-order chi connectivity index (χ1) is 8.10. The zero-order chi connectivity index (χ0) is 12.5. The van der Waals surface area contributed by atoms with E-state index in [4.69, 9.17) is 0 Å². The van der Waals surface area contributed by atoms with Crippen molar-refractivity contribution < 1.29 is 15.0 Å². The van der Waals surface area contributed by atoms with Crippen LogP contribution in [0.2, 0.25) is 0 Å². The van der Waals surface area contributed by atoms with Gasteiger partial charge in [-0.15, -0.1) is 0 Å². The van der Waals surface area contributed by atoms with Gasteiger partial charge in [-0.05, 0) is 30.4 Å². The van der Waals surface area contributed by atoms with Gasteiger partial charge in [0.1, 0.15) is 0 Å². The number of rotatable bonds is 5. The normalized spacial score (nSPS) is 18.7. The van der Waals surface area contributed by atoms with Crippen LogP contribution < -0.4 is 0 Å². The molecule has 3 heteroatoms. The maximum atomic E-state index is 11.2. The van der Waals surface area contributed by atoms with E-state index >= 15 is 0 Å². The molecule has 1 aliphatic carbocycles. The van der Waals surface area contributed by atoms with Crippen LogP contribution in [-0.2, 0) is 10.2 Å². The average molecular weight is 234 g/mol. The van der Waals surface area contributed by atoms with Gasteiger partial charge in [0.25, 0.3) is 0 Å². The Morgan fingerprint density at radius 2 is 1.94 bits per heavy atom. The third-order valence-electron chi connectivity index (χ3n) is 3.57. The Hall–Kier alpha value is -1.35. The van der Waals surface area contributed by atoms with Crippen molar-refractivity contribution in [2.75, 3.05) is 0 Å². The molecule has 0 aliphatic heterocycles. The predicted octanol–water partition coefficient (Wildman–Crippen LogP) is 2.64. The van der Waals surface area contributed by atoms with Crippen LogP contribution in [0.25, 0.3) is 0 Å². The van der Waals surface area contributed by atoms with Crippen molar-refractivity contribution in [2.24, 2.45) is 0 Å². The third-order valence-corrected chi connectivity index (χ3v) is 3.57. The lowest BCUT2D eigenvalue weighted by molar-refractivity contribution is -0.140. The van der Waals surface area contributed by atoms with E-state index < -0.39 is 17.5 Å². The molecular formula is C14H18O3. The topological polar surface area (TPSA) is 57.5 Å². The number of carboxylic acids is 1. The largest absolute Gasteiger partial charge is 0.481 e. The maximum Gasteiger partial charge on any atom is 0.314 e. The van der Waals surface area contributed by atoms with E-state index in [1.807, 2.05) is 31.2 Å². The molecule has 0 amide bonds. The van der Waals surface area contributed by atoms with Gasteiger partial charge < -0.3 is 10.2 Å². The summed E-state index contributed by atoms with van der Waals surface area (Å²) in [6, 6.07) is 7.38. The van der Waals surface area contributed by atoms with E-state index in [2.05, 4.69) is 0 Å². The second kappa shape index (κ2) is 4.49. The summed E-state index contributed by atoms with van der Waals surface area (Å²) in [5, 5.41) is 19.0. The molecule has 17 heavy (non-hydrogen) atoms. The Bertz CT molecular complexity index is 404. The fourth-order valence-electron chi connectivity index (χ4n) is 2.22. The molecule has 92 valence electrons. The van der Waals surface area contributed by atoms with Gasteiger partial charge in [-0.2, -0.15) is 0 Å². The lowest BCUT2D eigenvalue weighted by Gasteiger charge is -2.13. The van der Waals surface area contributed by atoms with E-state index in [0.29, 0.717) is 0 Å². The molecule has 1 saturated carbocycles. The van der Waals surface area contributed by atoms with E-state index in [0.717, 1.165) is 36.8 Å². The van der Waals surface area contributed by atoms with Crippen LogP contribution in [0.5, 0.6) is 0 Å². The highest BCUT2D eigenvalue weighted by molar-refractivity contribution is 5.84. The molecule has 1 aromatic carbocycles. The van der Waals surface area contributed by atoms with E-state index in [9.17, 15) is 15.0 Å². The van der Waals surface area contributed by atoms with E-state index in [-0.39, 0.29) is 0 Å². The number of carbonyl (C=O) groups is 1. The minimum atomic E-state index is -0.737. The highest BCUT2D eigenvalue weighted by Crippen LogP contribution is 2.48. The Kier molecular flexibility index (Phi) is 3.20. The van der Waals surface area contributed by atoms with E-state index in [1.54, 1.807) is 0 Å². The molecule has 0 heterocycles. The number of carboxylic acid groups (broad SMARTS) is 1. The molecule has 1 unspecified atom stereocenters. The highest BCUT2D eigenvalue weighted by Gasteiger charge is 2.51. The average Bonchev–Trinajstić information content (AvgIpc) is 3.11. The van der Waals surface area contributed by atoms with Gasteiger partial charge in [0.05, 0.1) is 11.5 Å². The van der Waals surface area contributed by atoms with Crippen molar-refractivity contribution in [1.29, 1.82) is 0 Å². The summed E-state index contributed by atoms with van der Waals surface area (Å²) in [5.74, 6) is -0.737. The molecule has 0 saturated heterocycles. The third kappa shape index (κ3) is 2.20. The Balaban J connectivity index is 2.16. The fourth-order valence-corrected chi connectivity index (χ4v) is 2.22. The van der Waals surface area contributed by atoms with Gasteiger partial charge in [0, 0.05) is 0 Å². The van der Waals surface area contributed by atoms with Crippen LogP contribution in [-0.4, -0.2) is 16.2 Å². The number of aliphatic hydroxyl groups excluding tert-OH is 1. The van der Waals surface area contributed by atoms with Crippen LogP contribution in [0.1, 0.15) is 49.8 Å². The van der Waals surface area contributed by atoms with Gasteiger partial charge in [-0.1, -0.05) is 37.6 Å². The van der Waals surface area contributed by atoms with Crippen molar-refractivity contribution in [1.82, 2.24) is 0 Å². The molecule has 0 bridgehead atoms. The molecular weight excluding hydrogens is 216 g/mol. The number of aliphatic hydroxyl groups is 1. The van der Waals surface area contributed by atoms with Crippen LogP contribution >= 0.6 is 0 Å². The molecule has 1 aliphatic rings. The van der Waals surface area contributed by atoms with Gasteiger partial charge in [-0.25, -0.2) is 0 Å². The summed E-state index contributed by atoms with van der Waals surface area (Å²) in [6.45, 7) is 2.03. The smallest absolute Gasteiger partial charge is 0.314 e. The lowest BCUT2D eigenvalue weighted by Crippen LogP contribution is -2.19. The first-order valence-electron chi connectivity index (χ1n) is 6.12. The molecule has 3 nitrogen and oxygen atoms in total. The van der Waals surface area contributed by atoms with Crippen LogP contribution in [0.4, 0.5) is 0 Å². The van der Waals surface area contributed by atoms with Crippen molar-refractivity contribution in [3.05, 3.63) is 35.4 Å². The molecule has 0 aromatic heterocycles. The van der Waals surface area contributed by atoms with Crippen molar-refractivity contribution >= 4 is 5.97 Å². The minimum Gasteiger partial charge on any atom is -0.481 e. The van der Waals surface area contributed by atoms with Crippen molar-refractivity contribution in [3.8, 4) is 0 Å². The summed E-state index contributed by atoms with van der Waals surface area (Å²) in [6.07, 6.45) is 2.68. The van der Waals surface area contributed by atoms with Crippen LogP contribution in [0, 0.1) is 0 Å². The van der Waals surface area contributed by atoms with Crippen LogP contribution in [0.3, 0.4) is 0 Å². The van der Waals surface area contributed by atoms with Crippen molar-refractivity contribution in [2.45, 2.75) is 44.1 Å². The molecule has 1 aromatic rings. The summed E-state index contributed by atoms with van der Waals surface area (Å²) >= 11 is 0. The lowest BCUT2D eigenvalue weighted by atomic mass is 9.94. The molecule has 0 radical (unpaired) electrons. The second-order valence-corrected chi connectivity index (χ2v) is 4.81. The Morgan fingerprint density at radius 1 is 1.35 bits per heavy atom. The first-order valence-corrected chi connectivity index (χ1v) is 6.12. The molecule has 1 atom stereocenters. The zero-order valence-electron chi connectivity index (χ0n) is 10.0. The summed E-state index contributed by atoms with van der Waals surface area (Å²) in [7, 11) is 0. The predicted molar refractivity (Wildman–Crippen MR) is 64.9 cm³/mol. The van der Waals surface area contributed by atoms with Gasteiger partial charge in [0.15, 0.2) is 0 Å². The van der Waals surface area contributed by atoms with Gasteiger partial charge >= 0.3 is 5.97 Å². The maximum absolute atomic E-state index is 11.2. The SMILES string of the molecule is CCCC(O)c1ccc(C2(C(=O)O)CC2)cc1. The number of hydrogen-bond acceptors (Lipinski definition) is 2. The summed E-state index contributed by atoms with van der Waals surface area (Å²) < 4.78 is 0. The zero-order valence-corrected chi connectivity index (χ0v) is 10.0. The fraction of sp³-hybridized carbons (Fsp3) is 0.500. The minimum absolute atomic E-state index is 0.436. The first kappa shape index (κ1) is 12.1. The quantitative estimate of drug-likeness (QED) is 0.823. The Labute approximate surface area is 101 Å². The molecule has 2 rings (SSSR count).